The van der Waals surface area contributed by atoms with Gasteiger partial charge in [-0.3, -0.25) is 9.78 Å². The van der Waals surface area contributed by atoms with E-state index in [-0.39, 0.29) is 5.91 Å². The Hall–Kier alpha value is -2.43. The van der Waals surface area contributed by atoms with E-state index in [0.29, 0.717) is 17.9 Å². The molecule has 0 aliphatic rings. The molecule has 20 heavy (non-hydrogen) atoms. The Bertz CT molecular complexity index is 569. The van der Waals surface area contributed by atoms with E-state index in [9.17, 15) is 4.79 Å². The number of hydrogen-bond acceptors (Lipinski definition) is 4. The molecule has 0 bridgehead atoms. The smallest absolute Gasteiger partial charge is 0.257 e. The largest absolute Gasteiger partial charge is 0.369 e. The van der Waals surface area contributed by atoms with Crippen molar-refractivity contribution >= 4 is 11.7 Å². The van der Waals surface area contributed by atoms with Crippen molar-refractivity contribution in [3.05, 3.63) is 54.0 Å². The summed E-state index contributed by atoms with van der Waals surface area (Å²) in [5, 5.41) is 3.20. The van der Waals surface area contributed by atoms with E-state index in [4.69, 9.17) is 0 Å². The summed E-state index contributed by atoms with van der Waals surface area (Å²) in [6.45, 7) is 0.682. The van der Waals surface area contributed by atoms with Crippen molar-refractivity contribution in [2.45, 2.75) is 6.42 Å². The van der Waals surface area contributed by atoms with Crippen LogP contribution in [0.5, 0.6) is 0 Å². The number of pyridine rings is 2. The molecule has 1 N–H and O–H groups in total. The van der Waals surface area contributed by atoms with Gasteiger partial charge in [0.25, 0.3) is 5.91 Å². The first kappa shape index (κ1) is 14.0. The van der Waals surface area contributed by atoms with Gasteiger partial charge in [0, 0.05) is 45.1 Å². The highest BCUT2D eigenvalue weighted by molar-refractivity contribution is 5.98. The second-order valence-corrected chi connectivity index (χ2v) is 4.60. The first-order chi connectivity index (χ1) is 9.68. The molecular weight excluding hydrogens is 252 g/mol. The van der Waals surface area contributed by atoms with Gasteiger partial charge in [-0.15, -0.1) is 0 Å². The molecule has 1 amide bonds. The van der Waals surface area contributed by atoms with Gasteiger partial charge in [-0.1, -0.05) is 6.07 Å². The number of aromatic nitrogens is 2. The van der Waals surface area contributed by atoms with Gasteiger partial charge in [0.1, 0.15) is 5.82 Å². The fourth-order valence-electron chi connectivity index (χ4n) is 1.81. The van der Waals surface area contributed by atoms with E-state index in [2.05, 4.69) is 15.3 Å². The summed E-state index contributed by atoms with van der Waals surface area (Å²) in [7, 11) is 3.46. The molecule has 5 nitrogen and oxygen atoms in total. The molecule has 0 radical (unpaired) electrons. The lowest BCUT2D eigenvalue weighted by molar-refractivity contribution is 0.0828. The minimum absolute atomic E-state index is 0.0570. The van der Waals surface area contributed by atoms with Gasteiger partial charge >= 0.3 is 0 Å². The molecule has 2 rings (SSSR count). The number of hydrogen-bond donors (Lipinski definition) is 1. The highest BCUT2D eigenvalue weighted by atomic mass is 16.2. The van der Waals surface area contributed by atoms with Crippen LogP contribution in [0.15, 0.2) is 42.7 Å². The number of amides is 1. The highest BCUT2D eigenvalue weighted by Crippen LogP contribution is 2.13. The Morgan fingerprint density at radius 1 is 1.15 bits per heavy atom. The quantitative estimate of drug-likeness (QED) is 0.900. The summed E-state index contributed by atoms with van der Waals surface area (Å²) in [6.07, 6.45) is 4.24. The van der Waals surface area contributed by atoms with Crippen molar-refractivity contribution < 1.29 is 4.79 Å². The molecule has 0 fully saturated rings. The Morgan fingerprint density at radius 3 is 2.65 bits per heavy atom. The first-order valence-corrected chi connectivity index (χ1v) is 6.49. The molecule has 0 atom stereocenters. The number of rotatable bonds is 5. The van der Waals surface area contributed by atoms with Gasteiger partial charge in [-0.05, 0) is 24.3 Å². The van der Waals surface area contributed by atoms with E-state index >= 15 is 0 Å². The number of nitrogens with zero attached hydrogens (tertiary/aromatic N) is 3. The van der Waals surface area contributed by atoms with E-state index in [1.165, 1.54) is 0 Å². The normalized spacial score (nSPS) is 10.1. The summed E-state index contributed by atoms with van der Waals surface area (Å²) in [5.74, 6) is 0.556. The predicted molar refractivity (Wildman–Crippen MR) is 78.7 cm³/mol. The Morgan fingerprint density at radius 2 is 1.95 bits per heavy atom. The third kappa shape index (κ3) is 3.54. The summed E-state index contributed by atoms with van der Waals surface area (Å²) < 4.78 is 0. The zero-order chi connectivity index (χ0) is 14.4. The molecule has 0 spiro atoms. The molecule has 0 aliphatic heterocycles. The zero-order valence-electron chi connectivity index (χ0n) is 11.7. The molecule has 0 saturated carbocycles. The standard InChI is InChI=1S/C15H18N4O/c1-19(2)15(20)13-7-5-10-17-14(13)18-11-8-12-6-3-4-9-16-12/h3-7,9-10H,8,11H2,1-2H3,(H,17,18). The van der Waals surface area contributed by atoms with Crippen LogP contribution in [0.2, 0.25) is 0 Å². The highest BCUT2D eigenvalue weighted by Gasteiger charge is 2.13. The average molecular weight is 270 g/mol. The Balaban J connectivity index is 2.01. The van der Waals surface area contributed by atoms with Crippen molar-refractivity contribution in [3.8, 4) is 0 Å². The maximum atomic E-state index is 12.0. The topological polar surface area (TPSA) is 58.1 Å². The fraction of sp³-hybridized carbons (Fsp3) is 0.267. The van der Waals surface area contributed by atoms with E-state index in [0.717, 1.165) is 12.1 Å². The van der Waals surface area contributed by atoms with Gasteiger partial charge < -0.3 is 10.2 Å². The molecule has 104 valence electrons. The summed E-state index contributed by atoms with van der Waals surface area (Å²) in [6, 6.07) is 9.37. The number of carbonyl (C=O) groups excluding carboxylic acids is 1. The maximum Gasteiger partial charge on any atom is 0.257 e. The van der Waals surface area contributed by atoms with Crippen LogP contribution in [0.4, 0.5) is 5.82 Å². The van der Waals surface area contributed by atoms with Crippen LogP contribution in [0.1, 0.15) is 16.1 Å². The molecule has 0 saturated heterocycles. The fourth-order valence-corrected chi connectivity index (χ4v) is 1.81. The van der Waals surface area contributed by atoms with Gasteiger partial charge in [0.2, 0.25) is 0 Å². The van der Waals surface area contributed by atoms with Crippen LogP contribution >= 0.6 is 0 Å². The predicted octanol–water partition coefficient (Wildman–Crippen LogP) is 1.83. The minimum atomic E-state index is -0.0570. The number of carbonyl (C=O) groups is 1. The lowest BCUT2D eigenvalue weighted by Crippen LogP contribution is -2.23. The first-order valence-electron chi connectivity index (χ1n) is 6.49. The van der Waals surface area contributed by atoms with E-state index in [1.54, 1.807) is 43.5 Å². The SMILES string of the molecule is CN(C)C(=O)c1cccnc1NCCc1ccccn1. The van der Waals surface area contributed by atoms with Crippen molar-refractivity contribution in [3.63, 3.8) is 0 Å². The van der Waals surface area contributed by atoms with Crippen molar-refractivity contribution in [2.24, 2.45) is 0 Å². The lowest BCUT2D eigenvalue weighted by atomic mass is 10.2. The third-order valence-corrected chi connectivity index (χ3v) is 2.84. The molecule has 2 aromatic heterocycles. The second-order valence-electron chi connectivity index (χ2n) is 4.60. The number of nitrogens with one attached hydrogen (secondary N) is 1. The third-order valence-electron chi connectivity index (χ3n) is 2.84. The van der Waals surface area contributed by atoms with E-state index < -0.39 is 0 Å². The minimum Gasteiger partial charge on any atom is -0.369 e. The van der Waals surface area contributed by atoms with Gasteiger partial charge in [-0.25, -0.2) is 4.98 Å². The molecule has 2 heterocycles. The lowest BCUT2D eigenvalue weighted by Gasteiger charge is -2.14. The van der Waals surface area contributed by atoms with Crippen LogP contribution in [0.3, 0.4) is 0 Å². The van der Waals surface area contributed by atoms with Gasteiger partial charge in [0.15, 0.2) is 0 Å². The number of anilines is 1. The van der Waals surface area contributed by atoms with Crippen molar-refractivity contribution in [1.82, 2.24) is 14.9 Å². The van der Waals surface area contributed by atoms with E-state index in [1.807, 2.05) is 18.2 Å². The Labute approximate surface area is 118 Å². The van der Waals surface area contributed by atoms with Crippen LogP contribution in [0.25, 0.3) is 0 Å². The average Bonchev–Trinajstić information content (AvgIpc) is 2.48. The van der Waals surface area contributed by atoms with Crippen LogP contribution in [-0.4, -0.2) is 41.4 Å². The Kier molecular flexibility index (Phi) is 4.65. The molecule has 0 unspecified atom stereocenters. The van der Waals surface area contributed by atoms with Crippen LogP contribution in [-0.2, 0) is 6.42 Å². The molecular formula is C15H18N4O. The zero-order valence-corrected chi connectivity index (χ0v) is 11.7. The molecule has 5 heteroatoms. The van der Waals surface area contributed by atoms with Gasteiger partial charge in [0.05, 0.1) is 5.56 Å². The molecule has 0 aromatic carbocycles. The summed E-state index contributed by atoms with van der Waals surface area (Å²) >= 11 is 0. The van der Waals surface area contributed by atoms with Crippen molar-refractivity contribution in [2.75, 3.05) is 26.0 Å². The van der Waals surface area contributed by atoms with Crippen molar-refractivity contribution in [1.29, 1.82) is 0 Å². The monoisotopic (exact) mass is 270 g/mol. The summed E-state index contributed by atoms with van der Waals surface area (Å²) in [5.41, 5.74) is 1.59. The molecule has 0 aliphatic carbocycles. The van der Waals surface area contributed by atoms with Crippen LogP contribution < -0.4 is 5.32 Å². The maximum absolute atomic E-state index is 12.0. The molecule has 2 aromatic rings. The van der Waals surface area contributed by atoms with Crippen LogP contribution in [0, 0.1) is 0 Å². The second kappa shape index (κ2) is 6.65. The van der Waals surface area contributed by atoms with Gasteiger partial charge in [-0.2, -0.15) is 0 Å². The summed E-state index contributed by atoms with van der Waals surface area (Å²) in [4.78, 5) is 22.1.